The zero-order valence-corrected chi connectivity index (χ0v) is 33.8. The number of guanidine groups is 8. The van der Waals surface area contributed by atoms with Crippen LogP contribution >= 0.6 is 0 Å². The molecule has 0 saturated carbocycles. The fourth-order valence-corrected chi connectivity index (χ4v) is 4.48. The maximum atomic E-state index is 12.7. The molecule has 30 heteroatoms. The molecule has 0 atom stereocenters. The van der Waals surface area contributed by atoms with E-state index in [-0.39, 0.29) is 176 Å². The average Bonchev–Trinajstić information content (AvgIpc) is 3.14. The molecule has 0 aromatic heterocycles. The summed E-state index contributed by atoms with van der Waals surface area (Å²) in [4.78, 5) is 84.9. The summed E-state index contributed by atoms with van der Waals surface area (Å²) in [5.41, 5.74) is 64.5. The summed E-state index contributed by atoms with van der Waals surface area (Å²) >= 11 is 0. The molecule has 0 aliphatic heterocycles. The van der Waals surface area contributed by atoms with Gasteiger partial charge in [0, 0.05) is 91.1 Å². The van der Waals surface area contributed by atoms with Crippen LogP contribution in [0.2, 0.25) is 0 Å². The first-order chi connectivity index (χ1) is 28.4. The summed E-state index contributed by atoms with van der Waals surface area (Å²) in [6.45, 7) is 2.98. The largest absolute Gasteiger partial charge is 0.370 e. The molecule has 0 aromatic rings. The Morgan fingerprint density at radius 2 is 0.533 bits per heavy atom. The van der Waals surface area contributed by atoms with Gasteiger partial charge in [0.05, 0.1) is 26.2 Å². The zero-order chi connectivity index (χ0) is 45.3. The van der Waals surface area contributed by atoms with Crippen molar-refractivity contribution in [3.05, 3.63) is 0 Å². The van der Waals surface area contributed by atoms with E-state index in [1.54, 1.807) is 0 Å². The minimum absolute atomic E-state index is 0.0741. The molecule has 4 amide bonds. The number of aliphatic imine (C=N–C) groups is 8. The van der Waals surface area contributed by atoms with E-state index in [1.807, 2.05) is 9.80 Å². The lowest BCUT2D eigenvalue weighted by molar-refractivity contribution is -0.123. The van der Waals surface area contributed by atoms with Crippen molar-refractivity contribution in [1.29, 1.82) is 0 Å². The Bertz CT molecular complexity index is 1360. The predicted octanol–water partition coefficient (Wildman–Crippen LogP) is -10.0. The van der Waals surface area contributed by atoms with E-state index in [4.69, 9.17) is 68.8 Å². The van der Waals surface area contributed by atoms with Crippen molar-refractivity contribution in [3.8, 4) is 0 Å². The first-order valence-electron chi connectivity index (χ1n) is 18.5. The maximum absolute atomic E-state index is 12.7. The Kier molecular flexibility index (Phi) is 28.0. The molecular weight excluding hydrogens is 789 g/mol. The fourth-order valence-electron chi connectivity index (χ4n) is 4.48. The third kappa shape index (κ3) is 33.0. The second-order valence-corrected chi connectivity index (χ2v) is 12.2. The van der Waals surface area contributed by atoms with Gasteiger partial charge in [0.25, 0.3) is 0 Å². The van der Waals surface area contributed by atoms with Crippen molar-refractivity contribution in [1.82, 2.24) is 31.1 Å². The smallest absolute Gasteiger partial charge is 0.221 e. The van der Waals surface area contributed by atoms with E-state index < -0.39 is 0 Å². The highest BCUT2D eigenvalue weighted by atomic mass is 16.2. The number of carbonyl (C=O) groups excluding carboxylic acids is 4. The SMILES string of the molecule is NC(N)=NC(N)=NCCNC(=O)CCN(CCC(=O)NCCN=C(N)N=C(N)N)CCN(CCC(=O)NCCN=C(N)N=C(N)N)CCC(=O)NCCN=C(N)N=C(N)N. The van der Waals surface area contributed by atoms with E-state index in [0.29, 0.717) is 13.1 Å². The summed E-state index contributed by atoms with van der Waals surface area (Å²) < 4.78 is 0. The Labute approximate surface area is 347 Å². The van der Waals surface area contributed by atoms with Crippen molar-refractivity contribution < 1.29 is 19.2 Å². The van der Waals surface area contributed by atoms with Gasteiger partial charge in [-0.3, -0.25) is 19.2 Å². The highest BCUT2D eigenvalue weighted by Gasteiger charge is 2.16. The van der Waals surface area contributed by atoms with Crippen LogP contribution in [0.1, 0.15) is 25.7 Å². The monoisotopic (exact) mass is 853 g/mol. The van der Waals surface area contributed by atoms with Crippen molar-refractivity contribution in [3.63, 3.8) is 0 Å². The van der Waals surface area contributed by atoms with Crippen LogP contribution in [0.15, 0.2) is 39.9 Å². The Morgan fingerprint density at radius 3 is 0.717 bits per heavy atom. The molecule has 60 heavy (non-hydrogen) atoms. The topological polar surface area (TPSA) is 534 Å². The van der Waals surface area contributed by atoms with Gasteiger partial charge in [-0.2, -0.15) is 20.0 Å². The lowest BCUT2D eigenvalue weighted by Gasteiger charge is -2.27. The van der Waals surface area contributed by atoms with Crippen molar-refractivity contribution in [2.24, 2.45) is 109 Å². The number of amides is 4. The van der Waals surface area contributed by atoms with E-state index in [9.17, 15) is 19.2 Å². The van der Waals surface area contributed by atoms with E-state index in [2.05, 4.69) is 61.2 Å². The van der Waals surface area contributed by atoms with Gasteiger partial charge in [-0.15, -0.1) is 0 Å². The van der Waals surface area contributed by atoms with Crippen molar-refractivity contribution in [2.45, 2.75) is 25.7 Å². The molecule has 0 radical (unpaired) electrons. The summed E-state index contributed by atoms with van der Waals surface area (Å²) in [5.74, 6) is -2.64. The molecule has 0 bridgehead atoms. The minimum atomic E-state index is -0.282. The van der Waals surface area contributed by atoms with Gasteiger partial charge in [-0.1, -0.05) is 0 Å². The molecule has 0 fully saturated rings. The summed E-state index contributed by atoms with van der Waals surface area (Å²) in [6, 6.07) is 0. The Balaban J connectivity index is 5.69. The molecule has 0 unspecified atom stereocenters. The lowest BCUT2D eigenvalue weighted by Crippen LogP contribution is -2.41. The highest BCUT2D eigenvalue weighted by molar-refractivity contribution is 5.94. The Morgan fingerprint density at radius 1 is 0.333 bits per heavy atom. The van der Waals surface area contributed by atoms with Gasteiger partial charge in [-0.05, 0) is 0 Å². The van der Waals surface area contributed by atoms with E-state index >= 15 is 0 Å². The molecule has 0 spiro atoms. The van der Waals surface area contributed by atoms with Gasteiger partial charge in [-0.25, -0.2) is 20.0 Å². The van der Waals surface area contributed by atoms with Crippen LogP contribution < -0.4 is 90.1 Å². The van der Waals surface area contributed by atoms with Crippen molar-refractivity contribution in [2.75, 3.05) is 91.6 Å². The van der Waals surface area contributed by atoms with Crippen LogP contribution in [0, 0.1) is 0 Å². The molecule has 30 nitrogen and oxygen atoms in total. The molecular formula is C30H64N26O4. The number of nitrogens with two attached hydrogens (primary N) is 12. The minimum Gasteiger partial charge on any atom is -0.370 e. The molecule has 338 valence electrons. The van der Waals surface area contributed by atoms with E-state index in [1.165, 1.54) is 0 Å². The molecule has 28 N–H and O–H groups in total. The number of rotatable bonds is 27. The van der Waals surface area contributed by atoms with Crippen LogP contribution in [-0.4, -0.2) is 173 Å². The number of carbonyl (C=O) groups is 4. The molecule has 0 heterocycles. The van der Waals surface area contributed by atoms with Gasteiger partial charge in [0.2, 0.25) is 47.5 Å². The first kappa shape index (κ1) is 52.8. The number of hydrogen-bond acceptors (Lipinski definition) is 10. The van der Waals surface area contributed by atoms with Crippen LogP contribution in [0.25, 0.3) is 0 Å². The third-order valence-corrected chi connectivity index (χ3v) is 7.16. The normalized spacial score (nSPS) is 12.0. The Hall–Kier alpha value is -7.24. The summed E-state index contributed by atoms with van der Waals surface area (Å²) in [6.07, 6.45) is 0.296. The van der Waals surface area contributed by atoms with Gasteiger partial charge in [0.1, 0.15) is 0 Å². The predicted molar refractivity (Wildman–Crippen MR) is 233 cm³/mol. The maximum Gasteiger partial charge on any atom is 0.221 e. The quantitative estimate of drug-likeness (QED) is 0.0207. The number of nitrogens with one attached hydrogen (secondary N) is 4. The van der Waals surface area contributed by atoms with Crippen LogP contribution in [0.5, 0.6) is 0 Å². The third-order valence-electron chi connectivity index (χ3n) is 7.16. The molecule has 0 aliphatic rings. The molecule has 0 rings (SSSR count). The average molecular weight is 853 g/mol. The fraction of sp³-hybridized carbons (Fsp3) is 0.600. The summed E-state index contributed by atoms with van der Waals surface area (Å²) in [7, 11) is 0. The molecule has 0 aliphatic carbocycles. The lowest BCUT2D eigenvalue weighted by atomic mass is 10.2. The summed E-state index contributed by atoms with van der Waals surface area (Å²) in [5, 5.41) is 11.0. The van der Waals surface area contributed by atoms with Crippen LogP contribution in [0.3, 0.4) is 0 Å². The van der Waals surface area contributed by atoms with Crippen LogP contribution in [-0.2, 0) is 19.2 Å². The second kappa shape index (κ2) is 31.8. The molecule has 0 saturated heterocycles. The number of hydrogen-bond donors (Lipinski definition) is 16. The highest BCUT2D eigenvalue weighted by Crippen LogP contribution is 2.01. The molecule has 0 aromatic carbocycles. The first-order valence-corrected chi connectivity index (χ1v) is 18.5. The van der Waals surface area contributed by atoms with Gasteiger partial charge in [0.15, 0.2) is 23.8 Å². The van der Waals surface area contributed by atoms with Crippen LogP contribution in [0.4, 0.5) is 0 Å². The standard InChI is InChI=1S/C30H64N26O4/c31-23(32)51-27(39)47-9-5-43-19(57)1-13-55(14-2-20(58)44-6-10-48-28(40)52-24(33)34)17-18-56(15-3-21(59)45-7-11-49-29(41)53-25(35)36)16-4-22(60)46-8-12-50-30(42)54-26(37)38/h1-18H2,(H,43,57)(H,44,58)(H,45,59)(H,46,60)(H6,31,32,39,47,51)(H6,33,34,40,48,52)(H6,35,36,41,49,53)(H6,37,38,42,50,54). The van der Waals surface area contributed by atoms with Crippen molar-refractivity contribution >= 4 is 71.3 Å². The number of nitrogens with zero attached hydrogens (tertiary/aromatic N) is 10. The second-order valence-electron chi connectivity index (χ2n) is 12.2. The van der Waals surface area contributed by atoms with Gasteiger partial charge >= 0.3 is 0 Å². The van der Waals surface area contributed by atoms with E-state index in [0.717, 1.165) is 0 Å². The van der Waals surface area contributed by atoms with Gasteiger partial charge < -0.3 is 99.9 Å². The zero-order valence-electron chi connectivity index (χ0n) is 33.8.